The zero-order chi connectivity index (χ0) is 23.4. The number of esters is 1. The van der Waals surface area contributed by atoms with Gasteiger partial charge in [0.2, 0.25) is 11.7 Å². The lowest BCUT2D eigenvalue weighted by atomic mass is 10.1. The van der Waals surface area contributed by atoms with Crippen LogP contribution < -0.4 is 14.4 Å². The number of benzene rings is 2. The van der Waals surface area contributed by atoms with Gasteiger partial charge < -0.3 is 19.1 Å². The van der Waals surface area contributed by atoms with Crippen molar-refractivity contribution in [1.29, 1.82) is 0 Å². The zero-order valence-electron chi connectivity index (χ0n) is 17.8. The minimum absolute atomic E-state index is 0.00921. The topological polar surface area (TPSA) is 125 Å². The highest BCUT2D eigenvalue weighted by atomic mass is 16.6. The van der Waals surface area contributed by atoms with Crippen LogP contribution in [0.3, 0.4) is 0 Å². The maximum Gasteiger partial charge on any atom is 0.312 e. The van der Waals surface area contributed by atoms with Crippen molar-refractivity contribution >= 4 is 29.0 Å². The van der Waals surface area contributed by atoms with E-state index in [2.05, 4.69) is 0 Å². The number of carbonyl (C=O) groups is 3. The number of nitro benzene ring substituents is 1. The zero-order valence-corrected chi connectivity index (χ0v) is 17.8. The lowest BCUT2D eigenvalue weighted by molar-refractivity contribution is -0.384. The number of anilines is 1. The predicted octanol–water partition coefficient (Wildman–Crippen LogP) is 2.78. The molecule has 0 spiro atoms. The normalized spacial score (nSPS) is 16.4. The van der Waals surface area contributed by atoms with Crippen molar-refractivity contribution in [2.45, 2.75) is 19.4 Å². The van der Waals surface area contributed by atoms with E-state index in [0.29, 0.717) is 17.0 Å². The number of methoxy groups -OCH3 is 2. The minimum Gasteiger partial charge on any atom is -0.497 e. The van der Waals surface area contributed by atoms with Crippen molar-refractivity contribution in [2.75, 3.05) is 25.7 Å². The fourth-order valence-corrected chi connectivity index (χ4v) is 3.42. The van der Waals surface area contributed by atoms with Crippen molar-refractivity contribution in [3.8, 4) is 11.5 Å². The molecule has 1 aliphatic rings. The highest BCUT2D eigenvalue weighted by Gasteiger charge is 2.38. The van der Waals surface area contributed by atoms with Crippen LogP contribution in [0.25, 0.3) is 0 Å². The summed E-state index contributed by atoms with van der Waals surface area (Å²) in [5.41, 5.74) is 0.505. The molecule has 0 radical (unpaired) electrons. The van der Waals surface area contributed by atoms with Crippen LogP contribution >= 0.6 is 0 Å². The number of amides is 1. The van der Waals surface area contributed by atoms with E-state index in [4.69, 9.17) is 14.2 Å². The summed E-state index contributed by atoms with van der Waals surface area (Å²) in [6.07, 6.45) is -1.14. The first-order valence-corrected chi connectivity index (χ1v) is 9.76. The molecule has 0 bridgehead atoms. The first-order chi connectivity index (χ1) is 15.2. The van der Waals surface area contributed by atoms with Crippen LogP contribution in [0.4, 0.5) is 11.4 Å². The molecule has 0 unspecified atom stereocenters. The van der Waals surface area contributed by atoms with Crippen molar-refractivity contribution < 1.29 is 33.5 Å². The number of ketones is 1. The molecular weight excluding hydrogens is 420 g/mol. The molecule has 10 heteroatoms. The molecule has 2 atom stereocenters. The van der Waals surface area contributed by atoms with Gasteiger partial charge in [-0.3, -0.25) is 24.5 Å². The summed E-state index contributed by atoms with van der Waals surface area (Å²) in [5, 5.41) is 11.0. The third-order valence-corrected chi connectivity index (χ3v) is 5.16. The first-order valence-electron chi connectivity index (χ1n) is 9.76. The number of non-ortho nitro benzene ring substituents is 1. The van der Waals surface area contributed by atoms with Gasteiger partial charge in [0.05, 0.1) is 36.8 Å². The van der Waals surface area contributed by atoms with E-state index < -0.39 is 22.9 Å². The van der Waals surface area contributed by atoms with Gasteiger partial charge in [0.25, 0.3) is 5.69 Å². The summed E-state index contributed by atoms with van der Waals surface area (Å²) in [4.78, 5) is 49.4. The highest BCUT2D eigenvalue weighted by molar-refractivity contribution is 6.02. The number of Topliss-reactive ketones (excluding diaryl/α,β-unsaturated/α-hetero) is 1. The second kappa shape index (κ2) is 9.46. The highest BCUT2D eigenvalue weighted by Crippen LogP contribution is 2.36. The van der Waals surface area contributed by atoms with Crippen molar-refractivity contribution in [3.63, 3.8) is 0 Å². The molecule has 168 valence electrons. The molecule has 0 aromatic heterocycles. The molecule has 1 aliphatic heterocycles. The van der Waals surface area contributed by atoms with Crippen LogP contribution in [0.15, 0.2) is 42.5 Å². The summed E-state index contributed by atoms with van der Waals surface area (Å²) in [6.45, 7) is 1.48. The monoisotopic (exact) mass is 442 g/mol. The Kier molecular flexibility index (Phi) is 6.72. The standard InChI is InChI=1S/C22H22N2O8/c1-13(21(26)14-4-7-17(30-2)8-5-14)32-22(27)15-10-20(25)23(12-15)18-9-6-16(24(28)29)11-19(18)31-3/h4-9,11,13,15H,10,12H2,1-3H3/t13-,15+/m0/s1. The predicted molar refractivity (Wildman–Crippen MR) is 113 cm³/mol. The first kappa shape index (κ1) is 22.7. The number of carbonyl (C=O) groups excluding carboxylic acids is 3. The summed E-state index contributed by atoms with van der Waals surface area (Å²) in [7, 11) is 2.85. The van der Waals surface area contributed by atoms with Crippen LogP contribution in [-0.4, -0.2) is 49.5 Å². The number of rotatable bonds is 8. The summed E-state index contributed by atoms with van der Waals surface area (Å²) >= 11 is 0. The average molecular weight is 442 g/mol. The van der Waals surface area contributed by atoms with Crippen molar-refractivity contribution in [1.82, 2.24) is 0 Å². The molecule has 0 aliphatic carbocycles. The molecular formula is C22H22N2O8. The number of hydrogen-bond donors (Lipinski definition) is 0. The Morgan fingerprint density at radius 2 is 1.81 bits per heavy atom. The van der Waals surface area contributed by atoms with Gasteiger partial charge in [-0.1, -0.05) is 0 Å². The van der Waals surface area contributed by atoms with E-state index in [1.165, 1.54) is 44.2 Å². The maximum atomic E-state index is 12.6. The Morgan fingerprint density at radius 1 is 1.12 bits per heavy atom. The van der Waals surface area contributed by atoms with Gasteiger partial charge in [-0.15, -0.1) is 0 Å². The van der Waals surface area contributed by atoms with Gasteiger partial charge in [0.15, 0.2) is 6.10 Å². The molecule has 2 aromatic carbocycles. The van der Waals surface area contributed by atoms with Crippen LogP contribution in [0.5, 0.6) is 11.5 Å². The van der Waals surface area contributed by atoms with E-state index in [9.17, 15) is 24.5 Å². The van der Waals surface area contributed by atoms with Gasteiger partial charge in [0, 0.05) is 24.6 Å². The van der Waals surface area contributed by atoms with E-state index in [0.717, 1.165) is 0 Å². The second-order valence-corrected chi connectivity index (χ2v) is 7.19. The maximum absolute atomic E-state index is 12.6. The van der Waals surface area contributed by atoms with Crippen molar-refractivity contribution in [2.24, 2.45) is 5.92 Å². The van der Waals surface area contributed by atoms with E-state index in [-0.39, 0.29) is 36.1 Å². The average Bonchev–Trinajstić information content (AvgIpc) is 3.19. The SMILES string of the molecule is COc1ccc(C(=O)[C@H](C)OC(=O)[C@@H]2CC(=O)N(c3ccc([N+](=O)[O-])cc3OC)C2)cc1. The summed E-state index contributed by atoms with van der Waals surface area (Å²) in [6, 6.07) is 10.3. The Hall–Kier alpha value is -3.95. The Morgan fingerprint density at radius 3 is 2.41 bits per heavy atom. The van der Waals surface area contributed by atoms with Gasteiger partial charge in [-0.05, 0) is 37.3 Å². The van der Waals surface area contributed by atoms with Crippen LogP contribution in [-0.2, 0) is 14.3 Å². The Balaban J connectivity index is 1.68. The number of hydrogen-bond acceptors (Lipinski definition) is 8. The minimum atomic E-state index is -1.03. The third-order valence-electron chi connectivity index (χ3n) is 5.16. The number of nitrogens with zero attached hydrogens (tertiary/aromatic N) is 2. The van der Waals surface area contributed by atoms with E-state index in [1.807, 2.05) is 0 Å². The molecule has 2 aromatic rings. The Bertz CT molecular complexity index is 1050. The molecule has 1 fully saturated rings. The van der Waals surface area contributed by atoms with Crippen LogP contribution in [0, 0.1) is 16.0 Å². The van der Waals surface area contributed by atoms with Gasteiger partial charge in [-0.2, -0.15) is 0 Å². The smallest absolute Gasteiger partial charge is 0.312 e. The number of ether oxygens (including phenoxy) is 3. The van der Waals surface area contributed by atoms with Crippen molar-refractivity contribution in [3.05, 3.63) is 58.1 Å². The quantitative estimate of drug-likeness (QED) is 0.264. The lowest BCUT2D eigenvalue weighted by Crippen LogP contribution is -2.30. The van der Waals surface area contributed by atoms with Gasteiger partial charge >= 0.3 is 5.97 Å². The summed E-state index contributed by atoms with van der Waals surface area (Å²) in [5.74, 6) is -1.45. The third kappa shape index (κ3) is 4.69. The molecule has 32 heavy (non-hydrogen) atoms. The molecule has 10 nitrogen and oxygen atoms in total. The van der Waals surface area contributed by atoms with E-state index in [1.54, 1.807) is 24.3 Å². The second-order valence-electron chi connectivity index (χ2n) is 7.19. The van der Waals surface area contributed by atoms with Gasteiger partial charge in [0.1, 0.15) is 11.5 Å². The summed E-state index contributed by atoms with van der Waals surface area (Å²) < 4.78 is 15.6. The Labute approximate surface area is 183 Å². The molecule has 3 rings (SSSR count). The van der Waals surface area contributed by atoms with Crippen LogP contribution in [0.1, 0.15) is 23.7 Å². The number of nitro groups is 1. The molecule has 0 N–H and O–H groups in total. The van der Waals surface area contributed by atoms with Crippen LogP contribution in [0.2, 0.25) is 0 Å². The molecule has 1 saturated heterocycles. The van der Waals surface area contributed by atoms with E-state index >= 15 is 0 Å². The lowest BCUT2D eigenvalue weighted by Gasteiger charge is -2.19. The fourth-order valence-electron chi connectivity index (χ4n) is 3.42. The largest absolute Gasteiger partial charge is 0.497 e. The van der Waals surface area contributed by atoms with Gasteiger partial charge in [-0.25, -0.2) is 0 Å². The molecule has 1 heterocycles. The fraction of sp³-hybridized carbons (Fsp3) is 0.318. The molecule has 0 saturated carbocycles. The molecule has 1 amide bonds.